The summed E-state index contributed by atoms with van der Waals surface area (Å²) in [5.41, 5.74) is 0.409. The lowest BCUT2D eigenvalue weighted by Crippen LogP contribution is -2.52. The molecule has 0 saturated carbocycles. The Morgan fingerprint density at radius 3 is 2.29 bits per heavy atom. The molecule has 0 aliphatic carbocycles. The van der Waals surface area contributed by atoms with Crippen LogP contribution >= 0.6 is 11.5 Å². The van der Waals surface area contributed by atoms with Crippen LogP contribution in [0.15, 0.2) is 0 Å². The van der Waals surface area contributed by atoms with Crippen molar-refractivity contribution >= 4 is 27.6 Å². The summed E-state index contributed by atoms with van der Waals surface area (Å²) < 4.78 is 27.6. The van der Waals surface area contributed by atoms with Gasteiger partial charge in [0.2, 0.25) is 0 Å². The number of carbonyl (C=O) groups is 1. The molecule has 1 aliphatic rings. The standard InChI is InChI=1S/C11H19N5O3S2/c1-11(2,3)9-8(20-14-13-9)10(17)15-4-6-16(7-5-15)21(12,18)19/h4-7H2,1-3H3,(H2,12,18,19). The lowest BCUT2D eigenvalue weighted by molar-refractivity contribution is 0.0700. The fourth-order valence-electron chi connectivity index (χ4n) is 2.11. The molecule has 118 valence electrons. The number of carbonyl (C=O) groups excluding carboxylic acids is 1. The summed E-state index contributed by atoms with van der Waals surface area (Å²) in [4.78, 5) is 14.7. The predicted octanol–water partition coefficient (Wildman–Crippen LogP) is -0.203. The van der Waals surface area contributed by atoms with E-state index in [2.05, 4.69) is 9.59 Å². The number of hydrogen-bond acceptors (Lipinski definition) is 6. The van der Waals surface area contributed by atoms with Gasteiger partial charge in [-0.2, -0.15) is 12.7 Å². The molecule has 2 N–H and O–H groups in total. The first kappa shape index (κ1) is 16.3. The van der Waals surface area contributed by atoms with Gasteiger partial charge in [0.05, 0.1) is 5.69 Å². The molecule has 8 nitrogen and oxygen atoms in total. The highest BCUT2D eigenvalue weighted by molar-refractivity contribution is 7.86. The fraction of sp³-hybridized carbons (Fsp3) is 0.727. The topological polar surface area (TPSA) is 109 Å². The molecule has 2 heterocycles. The number of aromatic nitrogens is 2. The highest BCUT2D eigenvalue weighted by Crippen LogP contribution is 2.27. The zero-order valence-corrected chi connectivity index (χ0v) is 13.9. The molecule has 1 aromatic heterocycles. The van der Waals surface area contributed by atoms with Crippen molar-refractivity contribution < 1.29 is 13.2 Å². The van der Waals surface area contributed by atoms with Gasteiger partial charge in [-0.05, 0) is 11.5 Å². The van der Waals surface area contributed by atoms with Gasteiger partial charge in [0, 0.05) is 31.6 Å². The van der Waals surface area contributed by atoms with E-state index in [4.69, 9.17) is 5.14 Å². The molecule has 0 radical (unpaired) electrons. The number of nitrogens with zero attached hydrogens (tertiary/aromatic N) is 4. The molecular formula is C11H19N5O3S2. The number of piperazine rings is 1. The van der Waals surface area contributed by atoms with Gasteiger partial charge in [0.25, 0.3) is 16.1 Å². The first-order chi connectivity index (χ1) is 9.60. The SMILES string of the molecule is CC(C)(C)c1nnsc1C(=O)N1CCN(S(N)(=O)=O)CC1. The number of amides is 1. The van der Waals surface area contributed by atoms with Gasteiger partial charge < -0.3 is 4.90 Å². The van der Waals surface area contributed by atoms with Crippen LogP contribution in [0, 0.1) is 0 Å². The van der Waals surface area contributed by atoms with E-state index >= 15 is 0 Å². The first-order valence-corrected chi connectivity index (χ1v) is 8.78. The third-order valence-corrected chi connectivity index (χ3v) is 5.08. The molecule has 21 heavy (non-hydrogen) atoms. The summed E-state index contributed by atoms with van der Waals surface area (Å²) >= 11 is 1.08. The second-order valence-corrected chi connectivity index (χ2v) is 8.24. The van der Waals surface area contributed by atoms with Crippen LogP contribution in [0.1, 0.15) is 36.1 Å². The van der Waals surface area contributed by atoms with Crippen LogP contribution in [-0.2, 0) is 15.6 Å². The molecule has 0 aromatic carbocycles. The van der Waals surface area contributed by atoms with Gasteiger partial charge >= 0.3 is 0 Å². The number of rotatable bonds is 2. The van der Waals surface area contributed by atoms with Crippen molar-refractivity contribution in [2.24, 2.45) is 5.14 Å². The molecule has 0 unspecified atom stereocenters. The summed E-state index contributed by atoms with van der Waals surface area (Å²) in [5.74, 6) is -0.149. The molecule has 10 heteroatoms. The number of nitrogens with two attached hydrogens (primary N) is 1. The summed E-state index contributed by atoms with van der Waals surface area (Å²) in [6.45, 7) is 6.97. The van der Waals surface area contributed by atoms with Crippen molar-refractivity contribution in [3.8, 4) is 0 Å². The molecule has 0 bridgehead atoms. The normalized spacial score (nSPS) is 18.0. The Labute approximate surface area is 128 Å². The van der Waals surface area contributed by atoms with E-state index < -0.39 is 10.2 Å². The van der Waals surface area contributed by atoms with Gasteiger partial charge in [-0.3, -0.25) is 4.79 Å². The second-order valence-electron chi connectivity index (χ2n) is 5.94. The molecule has 0 spiro atoms. The predicted molar refractivity (Wildman–Crippen MR) is 79.2 cm³/mol. The Bertz CT molecular complexity index is 627. The molecular weight excluding hydrogens is 314 g/mol. The van der Waals surface area contributed by atoms with E-state index in [1.807, 2.05) is 20.8 Å². The van der Waals surface area contributed by atoms with Crippen molar-refractivity contribution in [3.05, 3.63) is 10.6 Å². The summed E-state index contributed by atoms with van der Waals surface area (Å²) in [6, 6.07) is 0. The Morgan fingerprint density at radius 1 is 1.24 bits per heavy atom. The largest absolute Gasteiger partial charge is 0.335 e. The summed E-state index contributed by atoms with van der Waals surface area (Å²) in [7, 11) is -3.69. The fourth-order valence-corrected chi connectivity index (χ4v) is 3.63. The first-order valence-electron chi connectivity index (χ1n) is 6.50. The van der Waals surface area contributed by atoms with Crippen molar-refractivity contribution in [3.63, 3.8) is 0 Å². The van der Waals surface area contributed by atoms with Crippen LogP contribution in [0.4, 0.5) is 0 Å². The Kier molecular flexibility index (Phi) is 4.34. The third-order valence-electron chi connectivity index (χ3n) is 3.28. The minimum absolute atomic E-state index is 0.149. The van der Waals surface area contributed by atoms with Gasteiger partial charge in [0.15, 0.2) is 0 Å². The van der Waals surface area contributed by atoms with Crippen molar-refractivity contribution in [1.29, 1.82) is 0 Å². The van der Waals surface area contributed by atoms with E-state index in [9.17, 15) is 13.2 Å². The Balaban J connectivity index is 2.12. The lowest BCUT2D eigenvalue weighted by Gasteiger charge is -2.33. The minimum atomic E-state index is -3.69. The minimum Gasteiger partial charge on any atom is -0.335 e. The van der Waals surface area contributed by atoms with Crippen LogP contribution in [0.2, 0.25) is 0 Å². The van der Waals surface area contributed by atoms with E-state index in [0.29, 0.717) is 23.7 Å². The van der Waals surface area contributed by atoms with E-state index in [0.717, 1.165) is 11.5 Å². The Hall–Kier alpha value is -1.10. The van der Waals surface area contributed by atoms with Gasteiger partial charge in [-0.1, -0.05) is 25.3 Å². The van der Waals surface area contributed by atoms with Gasteiger partial charge in [0.1, 0.15) is 4.88 Å². The molecule has 2 rings (SSSR count). The van der Waals surface area contributed by atoms with Crippen molar-refractivity contribution in [2.45, 2.75) is 26.2 Å². The quantitative estimate of drug-likeness (QED) is 0.806. The Morgan fingerprint density at radius 2 is 1.81 bits per heavy atom. The molecule has 1 aromatic rings. The average Bonchev–Trinajstić information content (AvgIpc) is 2.86. The summed E-state index contributed by atoms with van der Waals surface area (Å²) in [6.07, 6.45) is 0. The number of hydrogen-bond donors (Lipinski definition) is 1. The average molecular weight is 333 g/mol. The van der Waals surface area contributed by atoms with E-state index in [1.54, 1.807) is 4.90 Å². The lowest BCUT2D eigenvalue weighted by atomic mass is 9.91. The van der Waals surface area contributed by atoms with Crippen LogP contribution in [0.25, 0.3) is 0 Å². The van der Waals surface area contributed by atoms with Crippen molar-refractivity contribution in [1.82, 2.24) is 18.8 Å². The third kappa shape index (κ3) is 3.57. The van der Waals surface area contributed by atoms with Crippen LogP contribution in [-0.4, -0.2) is 59.3 Å². The highest BCUT2D eigenvalue weighted by Gasteiger charge is 2.32. The second kappa shape index (κ2) is 5.59. The van der Waals surface area contributed by atoms with Crippen LogP contribution < -0.4 is 5.14 Å². The molecule has 1 aliphatic heterocycles. The van der Waals surface area contributed by atoms with E-state index in [1.165, 1.54) is 4.31 Å². The maximum atomic E-state index is 12.5. The van der Waals surface area contributed by atoms with E-state index in [-0.39, 0.29) is 24.4 Å². The molecule has 1 saturated heterocycles. The molecule has 1 amide bonds. The zero-order chi connectivity index (χ0) is 15.8. The monoisotopic (exact) mass is 333 g/mol. The zero-order valence-electron chi connectivity index (χ0n) is 12.2. The van der Waals surface area contributed by atoms with Crippen LogP contribution in [0.3, 0.4) is 0 Å². The maximum Gasteiger partial charge on any atom is 0.277 e. The molecule has 1 fully saturated rings. The van der Waals surface area contributed by atoms with Crippen molar-refractivity contribution in [2.75, 3.05) is 26.2 Å². The highest BCUT2D eigenvalue weighted by atomic mass is 32.2. The summed E-state index contributed by atoms with van der Waals surface area (Å²) in [5, 5.41) is 9.14. The van der Waals surface area contributed by atoms with Gasteiger partial charge in [-0.25, -0.2) is 5.14 Å². The smallest absolute Gasteiger partial charge is 0.277 e. The maximum absolute atomic E-state index is 12.5. The van der Waals surface area contributed by atoms with Crippen LogP contribution in [0.5, 0.6) is 0 Å². The van der Waals surface area contributed by atoms with Gasteiger partial charge in [-0.15, -0.1) is 5.10 Å². The molecule has 0 atom stereocenters.